The lowest BCUT2D eigenvalue weighted by Crippen LogP contribution is -2.50. The zero-order valence-corrected chi connectivity index (χ0v) is 69.2. The molecule has 0 radical (unpaired) electrons. The van der Waals surface area contributed by atoms with Crippen LogP contribution in [0.3, 0.4) is 0 Å². The summed E-state index contributed by atoms with van der Waals surface area (Å²) in [5, 5.41) is 4.78. The van der Waals surface area contributed by atoms with Crippen molar-refractivity contribution in [2.24, 2.45) is 24.8 Å². The molecule has 0 bridgehead atoms. The summed E-state index contributed by atoms with van der Waals surface area (Å²) in [7, 11) is -15.2. The van der Waals surface area contributed by atoms with Gasteiger partial charge in [-0.25, -0.2) is 77.6 Å². The molecule has 11 rings (SSSR count). The summed E-state index contributed by atoms with van der Waals surface area (Å²) >= 11 is 27.9. The second-order valence-corrected chi connectivity index (χ2v) is 39.1. The van der Waals surface area contributed by atoms with Gasteiger partial charge in [0.2, 0.25) is 40.1 Å². The normalized spacial score (nSPS) is 19.8. The molecular weight excluding hydrogens is 1680 g/mol. The molecule has 5 unspecified atom stereocenters. The van der Waals surface area contributed by atoms with Gasteiger partial charge in [0.25, 0.3) is 21.8 Å². The summed E-state index contributed by atoms with van der Waals surface area (Å²) in [5.41, 5.74) is 1.25. The molecule has 5 saturated heterocycles. The molecule has 616 valence electrons. The number of aryl methyl sites for hydroxylation is 1. The quantitative estimate of drug-likeness (QED) is 0.0499. The Balaban J connectivity index is 0.000000195. The van der Waals surface area contributed by atoms with Crippen molar-refractivity contribution in [3.05, 3.63) is 174 Å². The number of ether oxygens (including phenoxy) is 2. The van der Waals surface area contributed by atoms with Crippen LogP contribution in [0.5, 0.6) is 0 Å². The SMILES string of the molecule is CCS(=O)(=O)N1CCCC(CC(=O)c2ccc(Cl)c(F)c2)C1.CCS(=O)(=O)N1CCOC(C(=O)Nc2ccc(Cl)c(F)c2)C1.CS(=O)(=O)N1CCCC(CC(=O)c2ccc(Cl)c(F)c2)C1.CS(=O)(=O)N1CCOC(C(=O)Nc2ccc(Cl)c(F)c2)C1.Cn1cnc(S(=O)(=O)N2CCCC(CC(=O)c3ccc(Cl)c(F)c3)C2)c1. The van der Waals surface area contributed by atoms with Gasteiger partial charge in [-0.2, -0.15) is 12.9 Å². The number of Topliss-reactive ketones (excluding diaryl/α,β-unsaturated/α-hetero) is 3. The maximum absolute atomic E-state index is 13.5. The Morgan fingerprint density at radius 2 is 0.759 bits per heavy atom. The number of carbonyl (C=O) groups excluding carboxylic acids is 5. The number of hydrogen-bond acceptors (Lipinski definition) is 18. The number of anilines is 2. The van der Waals surface area contributed by atoms with Crippen molar-refractivity contribution in [2.75, 3.05) is 113 Å². The molecular formula is C71H85Cl5F5N9O17S5. The van der Waals surface area contributed by atoms with Crippen molar-refractivity contribution in [3.63, 3.8) is 0 Å². The number of benzene rings is 5. The van der Waals surface area contributed by atoms with Crippen molar-refractivity contribution >= 4 is 149 Å². The van der Waals surface area contributed by atoms with E-state index in [1.54, 1.807) is 18.5 Å². The Morgan fingerprint density at radius 1 is 0.446 bits per heavy atom. The van der Waals surface area contributed by atoms with E-state index in [-0.39, 0.29) is 170 Å². The van der Waals surface area contributed by atoms with E-state index in [4.69, 9.17) is 67.5 Å². The lowest BCUT2D eigenvalue weighted by Gasteiger charge is -2.31. The predicted molar refractivity (Wildman–Crippen MR) is 416 cm³/mol. The fourth-order valence-corrected chi connectivity index (χ4v) is 18.4. The molecule has 2 amide bonds. The van der Waals surface area contributed by atoms with E-state index in [0.29, 0.717) is 39.1 Å². The van der Waals surface area contributed by atoms with Crippen LogP contribution in [0, 0.1) is 46.8 Å². The number of nitrogens with zero attached hydrogens (tertiary/aromatic N) is 7. The third-order valence-corrected chi connectivity index (χ3v) is 27.9. The third kappa shape index (κ3) is 27.5. The first-order valence-corrected chi connectivity index (χ1v) is 45.3. The number of aromatic nitrogens is 2. The van der Waals surface area contributed by atoms with Crippen molar-refractivity contribution < 1.29 is 97.5 Å². The second kappa shape index (κ2) is 41.6. The van der Waals surface area contributed by atoms with Gasteiger partial charge < -0.3 is 24.7 Å². The molecule has 0 aliphatic carbocycles. The van der Waals surface area contributed by atoms with E-state index in [9.17, 15) is 88.0 Å². The van der Waals surface area contributed by atoms with E-state index < -0.39 is 103 Å². The molecule has 1 aromatic heterocycles. The molecule has 5 aliphatic heterocycles. The van der Waals surface area contributed by atoms with E-state index in [2.05, 4.69) is 15.6 Å². The smallest absolute Gasteiger partial charge is 0.262 e. The molecule has 2 N–H and O–H groups in total. The van der Waals surface area contributed by atoms with Gasteiger partial charge in [0.15, 0.2) is 22.4 Å². The summed E-state index contributed by atoms with van der Waals surface area (Å²) in [6.45, 7) is 6.07. The first-order chi connectivity index (χ1) is 52.5. The summed E-state index contributed by atoms with van der Waals surface area (Å²) in [6.07, 6.45) is 8.36. The van der Waals surface area contributed by atoms with Crippen LogP contribution in [0.15, 0.2) is 109 Å². The number of carbonyl (C=O) groups is 5. The zero-order valence-electron chi connectivity index (χ0n) is 61.4. The standard InChI is InChI=1S/C17H19ClFN3O3S.C15H19ClFNO3S.C14H17ClFNO3S.C13H16ClFN2O4S.C12H14ClFN2O4S/c1-21-10-17(20-11-21)26(24,25)22-6-2-3-12(9-22)7-16(23)13-4-5-14(18)15(19)8-13;1-2-22(20,21)18-7-3-4-11(10-18)8-15(19)12-5-6-13(16)14(17)9-12;1-21(19,20)17-6-2-3-10(9-17)7-14(18)11-4-5-12(15)13(16)8-11;1-2-22(19,20)17-5-6-21-12(8-17)13(18)16-9-3-4-10(14)11(15)7-9;1-21(18,19)16-4-5-20-11(7-16)12(17)15-8-2-3-9(13)10(14)6-8/h4-5,8,10-12H,2-3,6-7,9H2,1H3;5-6,9,11H,2-4,7-8,10H2,1H3;4-5,8,10H,2-3,6-7,9H2,1H3;3-4,7,12H,2,5-6,8H2,1H3,(H,16,18);2-3,6,11H,4-5,7H2,1H3,(H,15,17). The fourth-order valence-electron chi connectivity index (χ4n) is 12.2. The van der Waals surface area contributed by atoms with Crippen molar-refractivity contribution in [1.29, 1.82) is 0 Å². The van der Waals surface area contributed by atoms with Gasteiger partial charge in [-0.1, -0.05) is 58.0 Å². The summed E-state index contributed by atoms with van der Waals surface area (Å²) < 4.78 is 205. The van der Waals surface area contributed by atoms with E-state index in [1.807, 2.05) is 0 Å². The second-order valence-electron chi connectivity index (χ2n) is 26.7. The molecule has 112 heavy (non-hydrogen) atoms. The number of rotatable bonds is 21. The molecule has 5 fully saturated rings. The van der Waals surface area contributed by atoms with Crippen molar-refractivity contribution in [1.82, 2.24) is 31.1 Å². The molecule has 41 heteroatoms. The van der Waals surface area contributed by atoms with Crippen molar-refractivity contribution in [3.8, 4) is 0 Å². The van der Waals surface area contributed by atoms with Gasteiger partial charge in [-0.05, 0) is 161 Å². The maximum Gasteiger partial charge on any atom is 0.262 e. The van der Waals surface area contributed by atoms with Gasteiger partial charge in [-0.3, -0.25) is 24.0 Å². The van der Waals surface area contributed by atoms with Crippen LogP contribution in [-0.2, 0) is 76.2 Å². The Bertz CT molecular complexity index is 4970. The number of morpholine rings is 2. The maximum atomic E-state index is 13.5. The largest absolute Gasteiger partial charge is 0.366 e. The van der Waals surface area contributed by atoms with Gasteiger partial charge in [0.05, 0.1) is 68.7 Å². The Morgan fingerprint density at radius 3 is 1.11 bits per heavy atom. The van der Waals surface area contributed by atoms with Gasteiger partial charge in [0, 0.05) is 126 Å². The molecule has 6 aromatic rings. The summed E-state index contributed by atoms with van der Waals surface area (Å²) in [4.78, 5) is 64.9. The monoisotopic (exact) mass is 1770 g/mol. The van der Waals surface area contributed by atoms with Crippen LogP contribution < -0.4 is 10.6 Å². The topological polar surface area (TPSA) is 333 Å². The number of sulfonamides is 5. The van der Waals surface area contributed by atoms with E-state index in [0.717, 1.165) is 68.7 Å². The number of nitrogens with one attached hydrogen (secondary N) is 2. The van der Waals surface area contributed by atoms with E-state index >= 15 is 0 Å². The number of imidazole rings is 1. The van der Waals surface area contributed by atoms with Crippen LogP contribution in [0.2, 0.25) is 25.1 Å². The first kappa shape index (κ1) is 93.0. The number of piperidine rings is 3. The van der Waals surface area contributed by atoms with Gasteiger partial charge in [-0.15, -0.1) is 0 Å². The molecule has 0 saturated carbocycles. The average molecular weight is 1770 g/mol. The van der Waals surface area contributed by atoms with E-state index in [1.165, 1.54) is 108 Å². The number of hydrogen-bond donors (Lipinski definition) is 2. The Hall–Kier alpha value is -6.17. The molecule has 26 nitrogen and oxygen atoms in total. The van der Waals surface area contributed by atoms with Gasteiger partial charge >= 0.3 is 0 Å². The zero-order chi connectivity index (χ0) is 82.8. The highest BCUT2D eigenvalue weighted by molar-refractivity contribution is 7.89. The highest BCUT2D eigenvalue weighted by atomic mass is 35.5. The predicted octanol–water partition coefficient (Wildman–Crippen LogP) is 11.3. The number of halogens is 10. The molecule has 5 aromatic carbocycles. The van der Waals surface area contributed by atoms with Crippen LogP contribution >= 0.6 is 58.0 Å². The Kier molecular flexibility index (Phi) is 34.5. The summed E-state index contributed by atoms with van der Waals surface area (Å²) in [5.74, 6) is -4.99. The summed E-state index contributed by atoms with van der Waals surface area (Å²) in [6, 6.07) is 19.6. The van der Waals surface area contributed by atoms with Crippen LogP contribution in [0.25, 0.3) is 0 Å². The number of amides is 2. The van der Waals surface area contributed by atoms with Crippen molar-refractivity contribution in [2.45, 2.75) is 88.9 Å². The molecule has 0 spiro atoms. The highest BCUT2D eigenvalue weighted by Crippen LogP contribution is 2.31. The lowest BCUT2D eigenvalue weighted by atomic mass is 9.92. The highest BCUT2D eigenvalue weighted by Gasteiger charge is 2.37. The molecule has 5 atom stereocenters. The third-order valence-electron chi connectivity index (χ3n) is 18.3. The minimum atomic E-state index is -3.67. The molecule has 6 heterocycles. The lowest BCUT2D eigenvalue weighted by molar-refractivity contribution is -0.131. The fraction of sp³-hybridized carbons (Fsp3) is 0.465. The van der Waals surface area contributed by atoms with Crippen LogP contribution in [0.4, 0.5) is 33.3 Å². The minimum Gasteiger partial charge on any atom is -0.366 e. The first-order valence-electron chi connectivity index (χ1n) is 35.0. The average Bonchev–Trinajstić information content (AvgIpc) is 1.46. The van der Waals surface area contributed by atoms with Crippen LogP contribution in [0.1, 0.15) is 103 Å². The van der Waals surface area contributed by atoms with Crippen LogP contribution in [-0.4, -0.2) is 217 Å². The minimum absolute atomic E-state index is 0.00625. The number of ketones is 3. The Labute approximate surface area is 673 Å². The van der Waals surface area contributed by atoms with Gasteiger partial charge in [0.1, 0.15) is 41.3 Å². The molecule has 5 aliphatic rings.